The SMILES string of the molecule is COc1ccc([C@H](CC(=O)O)NC(=O)CSc2nc3ccccc3o2)cc1. The molecule has 0 fully saturated rings. The number of rotatable bonds is 8. The number of benzene rings is 2. The van der Waals surface area contributed by atoms with Gasteiger partial charge in [0.2, 0.25) is 5.91 Å². The maximum absolute atomic E-state index is 12.3. The Bertz CT molecular complexity index is 906. The number of carboxylic acids is 1. The molecule has 27 heavy (non-hydrogen) atoms. The van der Waals surface area contributed by atoms with Crippen molar-refractivity contribution < 1.29 is 23.8 Å². The molecule has 7 nitrogen and oxygen atoms in total. The lowest BCUT2D eigenvalue weighted by atomic mass is 10.0. The van der Waals surface area contributed by atoms with Gasteiger partial charge in [-0.3, -0.25) is 9.59 Å². The van der Waals surface area contributed by atoms with Crippen LogP contribution in [-0.2, 0) is 9.59 Å². The van der Waals surface area contributed by atoms with Crippen LogP contribution in [0.5, 0.6) is 5.75 Å². The van der Waals surface area contributed by atoms with Crippen molar-refractivity contribution in [2.75, 3.05) is 12.9 Å². The maximum atomic E-state index is 12.3. The van der Waals surface area contributed by atoms with Crippen LogP contribution < -0.4 is 10.1 Å². The summed E-state index contributed by atoms with van der Waals surface area (Å²) in [6.45, 7) is 0. The van der Waals surface area contributed by atoms with Gasteiger partial charge in [-0.15, -0.1) is 0 Å². The van der Waals surface area contributed by atoms with E-state index in [1.165, 1.54) is 0 Å². The minimum atomic E-state index is -0.997. The minimum absolute atomic E-state index is 0.0685. The third kappa shape index (κ3) is 5.01. The van der Waals surface area contributed by atoms with E-state index in [2.05, 4.69) is 10.3 Å². The number of aliphatic carboxylic acids is 1. The van der Waals surface area contributed by atoms with E-state index in [9.17, 15) is 9.59 Å². The average molecular weight is 386 g/mol. The Kier molecular flexibility index (Phi) is 5.97. The fraction of sp³-hybridized carbons (Fsp3) is 0.211. The molecule has 1 atom stereocenters. The number of hydrogen-bond acceptors (Lipinski definition) is 6. The molecular weight excluding hydrogens is 368 g/mol. The van der Waals surface area contributed by atoms with Gasteiger partial charge in [0.1, 0.15) is 11.3 Å². The Hall–Kier alpha value is -3.00. The van der Waals surface area contributed by atoms with Gasteiger partial charge in [0.25, 0.3) is 5.22 Å². The van der Waals surface area contributed by atoms with Crippen LogP contribution in [0.1, 0.15) is 18.0 Å². The van der Waals surface area contributed by atoms with Gasteiger partial charge in [0, 0.05) is 0 Å². The van der Waals surface area contributed by atoms with Crippen LogP contribution in [-0.4, -0.2) is 34.8 Å². The Morgan fingerprint density at radius 2 is 1.96 bits per heavy atom. The minimum Gasteiger partial charge on any atom is -0.497 e. The molecule has 0 aliphatic rings. The lowest BCUT2D eigenvalue weighted by molar-refractivity contribution is -0.137. The molecule has 2 aromatic carbocycles. The Morgan fingerprint density at radius 3 is 2.63 bits per heavy atom. The number of oxazole rings is 1. The second kappa shape index (κ2) is 8.59. The molecule has 0 aliphatic carbocycles. The summed E-state index contributed by atoms with van der Waals surface area (Å²) < 4.78 is 10.7. The van der Waals surface area contributed by atoms with E-state index >= 15 is 0 Å². The molecule has 0 saturated heterocycles. The summed E-state index contributed by atoms with van der Waals surface area (Å²) in [7, 11) is 1.55. The summed E-state index contributed by atoms with van der Waals surface area (Å²) in [6, 6.07) is 13.6. The van der Waals surface area contributed by atoms with Crippen LogP contribution in [0.3, 0.4) is 0 Å². The van der Waals surface area contributed by atoms with Crippen molar-refractivity contribution in [3.8, 4) is 5.75 Å². The third-order valence-corrected chi connectivity index (χ3v) is 4.66. The van der Waals surface area contributed by atoms with Gasteiger partial charge in [-0.25, -0.2) is 4.98 Å². The van der Waals surface area contributed by atoms with Crippen LogP contribution in [0.15, 0.2) is 58.2 Å². The summed E-state index contributed by atoms with van der Waals surface area (Å²) in [5, 5.41) is 12.3. The number of thioether (sulfide) groups is 1. The standard InChI is InChI=1S/C19H18N2O5S/c1-25-13-8-6-12(7-9-13)15(10-18(23)24)20-17(22)11-27-19-21-14-4-2-3-5-16(14)26-19/h2-9,15H,10-11H2,1H3,(H,20,22)(H,23,24)/t15-/m0/s1. The smallest absolute Gasteiger partial charge is 0.305 e. The van der Waals surface area contributed by atoms with E-state index in [-0.39, 0.29) is 18.1 Å². The van der Waals surface area contributed by atoms with Crippen LogP contribution in [0.2, 0.25) is 0 Å². The van der Waals surface area contributed by atoms with Crippen molar-refractivity contribution in [3.05, 3.63) is 54.1 Å². The molecule has 140 valence electrons. The number of para-hydroxylation sites is 2. The van der Waals surface area contributed by atoms with E-state index in [1.54, 1.807) is 37.4 Å². The van der Waals surface area contributed by atoms with Crippen molar-refractivity contribution in [2.24, 2.45) is 0 Å². The monoisotopic (exact) mass is 386 g/mol. The van der Waals surface area contributed by atoms with E-state index in [0.29, 0.717) is 22.1 Å². The second-order valence-corrected chi connectivity index (χ2v) is 6.65. The van der Waals surface area contributed by atoms with Crippen molar-refractivity contribution in [1.82, 2.24) is 10.3 Å². The molecule has 2 N–H and O–H groups in total. The fourth-order valence-electron chi connectivity index (χ4n) is 2.54. The first-order valence-corrected chi connectivity index (χ1v) is 9.17. The number of amides is 1. The Labute approximate surface area is 159 Å². The first-order chi connectivity index (χ1) is 13.0. The fourth-order valence-corrected chi connectivity index (χ4v) is 3.19. The summed E-state index contributed by atoms with van der Waals surface area (Å²) in [5.74, 6) is -0.572. The third-order valence-electron chi connectivity index (χ3n) is 3.83. The molecule has 1 amide bonds. The lowest BCUT2D eigenvalue weighted by Crippen LogP contribution is -2.31. The van der Waals surface area contributed by atoms with E-state index < -0.39 is 12.0 Å². The molecule has 3 rings (SSSR count). The molecular formula is C19H18N2O5S. The molecule has 0 unspecified atom stereocenters. The van der Waals surface area contributed by atoms with E-state index in [4.69, 9.17) is 14.3 Å². The molecule has 0 radical (unpaired) electrons. The van der Waals surface area contributed by atoms with Gasteiger partial charge in [0.15, 0.2) is 5.58 Å². The normalized spacial score (nSPS) is 11.9. The van der Waals surface area contributed by atoms with Gasteiger partial charge in [-0.05, 0) is 29.8 Å². The molecule has 8 heteroatoms. The summed E-state index contributed by atoms with van der Waals surface area (Å²) in [5.41, 5.74) is 2.07. The largest absolute Gasteiger partial charge is 0.497 e. The number of nitrogens with one attached hydrogen (secondary N) is 1. The first kappa shape index (κ1) is 18.8. The number of methoxy groups -OCH3 is 1. The van der Waals surface area contributed by atoms with Gasteiger partial charge in [-0.1, -0.05) is 36.0 Å². The number of carbonyl (C=O) groups is 2. The molecule has 3 aromatic rings. The molecule has 1 aromatic heterocycles. The van der Waals surface area contributed by atoms with Gasteiger partial charge in [-0.2, -0.15) is 0 Å². The summed E-state index contributed by atoms with van der Waals surface area (Å²) in [6.07, 6.45) is -0.217. The first-order valence-electron chi connectivity index (χ1n) is 8.18. The van der Waals surface area contributed by atoms with Crippen molar-refractivity contribution in [3.63, 3.8) is 0 Å². The summed E-state index contributed by atoms with van der Waals surface area (Å²) in [4.78, 5) is 27.8. The van der Waals surface area contributed by atoms with E-state index in [0.717, 1.165) is 17.3 Å². The highest BCUT2D eigenvalue weighted by Crippen LogP contribution is 2.24. The Balaban J connectivity index is 1.63. The quantitative estimate of drug-likeness (QED) is 0.573. The number of fused-ring (bicyclic) bond motifs is 1. The average Bonchev–Trinajstić information content (AvgIpc) is 3.08. The van der Waals surface area contributed by atoms with Gasteiger partial charge >= 0.3 is 5.97 Å². The molecule has 0 bridgehead atoms. The van der Waals surface area contributed by atoms with Crippen LogP contribution >= 0.6 is 11.8 Å². The highest BCUT2D eigenvalue weighted by atomic mass is 32.2. The van der Waals surface area contributed by atoms with E-state index in [1.807, 2.05) is 18.2 Å². The van der Waals surface area contributed by atoms with Crippen molar-refractivity contribution in [2.45, 2.75) is 17.7 Å². The Morgan fingerprint density at radius 1 is 1.22 bits per heavy atom. The lowest BCUT2D eigenvalue weighted by Gasteiger charge is -2.17. The zero-order valence-electron chi connectivity index (χ0n) is 14.5. The predicted octanol–water partition coefficient (Wildman–Crippen LogP) is 3.26. The highest BCUT2D eigenvalue weighted by Gasteiger charge is 2.19. The van der Waals surface area contributed by atoms with Crippen LogP contribution in [0, 0.1) is 0 Å². The topological polar surface area (TPSA) is 102 Å². The number of ether oxygens (including phenoxy) is 1. The molecule has 0 saturated carbocycles. The number of aromatic nitrogens is 1. The second-order valence-electron chi connectivity index (χ2n) is 5.73. The molecule has 0 spiro atoms. The number of nitrogens with zero attached hydrogens (tertiary/aromatic N) is 1. The molecule has 0 aliphatic heterocycles. The van der Waals surface area contributed by atoms with Crippen molar-refractivity contribution >= 4 is 34.7 Å². The van der Waals surface area contributed by atoms with Crippen molar-refractivity contribution in [1.29, 1.82) is 0 Å². The molecule has 1 heterocycles. The number of carbonyl (C=O) groups excluding carboxylic acids is 1. The zero-order valence-corrected chi connectivity index (χ0v) is 15.4. The van der Waals surface area contributed by atoms with Gasteiger partial charge < -0.3 is 19.6 Å². The van der Waals surface area contributed by atoms with Gasteiger partial charge in [0.05, 0.1) is 25.3 Å². The highest BCUT2D eigenvalue weighted by molar-refractivity contribution is 7.99. The van der Waals surface area contributed by atoms with Crippen LogP contribution in [0.25, 0.3) is 11.1 Å². The number of carboxylic acid groups (broad SMARTS) is 1. The maximum Gasteiger partial charge on any atom is 0.305 e. The van der Waals surface area contributed by atoms with Crippen LogP contribution in [0.4, 0.5) is 0 Å². The zero-order chi connectivity index (χ0) is 19.2. The summed E-state index contributed by atoms with van der Waals surface area (Å²) >= 11 is 1.16. The predicted molar refractivity (Wildman–Crippen MR) is 101 cm³/mol. The number of hydrogen-bond donors (Lipinski definition) is 2.